The number of rotatable bonds is 2. The standard InChI is InChI=1S/C21H30O3/c1-12-9-17-15(14-4-3-13(23)10-16(12)14)7-8-21(2)18(17)5-6-19(21)20(24)11-22/h10,12,14-15,17-19,22H,3-9,11H2,1-2H3/t12-,14+,15+,17+,18-,19+,21-/m0/s1. The molecule has 0 aromatic heterocycles. The summed E-state index contributed by atoms with van der Waals surface area (Å²) in [6, 6.07) is 0. The maximum Gasteiger partial charge on any atom is 0.161 e. The number of carbonyl (C=O) groups excluding carboxylic acids is 2. The molecule has 132 valence electrons. The highest BCUT2D eigenvalue weighted by Crippen LogP contribution is 2.64. The minimum absolute atomic E-state index is 0.0613. The second kappa shape index (κ2) is 5.79. The lowest BCUT2D eigenvalue weighted by Gasteiger charge is -2.55. The number of allylic oxidation sites excluding steroid dienone is 1. The van der Waals surface area contributed by atoms with Gasteiger partial charge in [-0.25, -0.2) is 0 Å². The average Bonchev–Trinajstić information content (AvgIpc) is 2.92. The van der Waals surface area contributed by atoms with E-state index in [0.717, 1.165) is 32.1 Å². The molecule has 4 aliphatic rings. The van der Waals surface area contributed by atoms with Crippen LogP contribution in [0.4, 0.5) is 0 Å². The van der Waals surface area contributed by atoms with E-state index in [9.17, 15) is 14.7 Å². The molecule has 24 heavy (non-hydrogen) atoms. The fourth-order valence-electron chi connectivity index (χ4n) is 7.14. The number of Topliss-reactive ketones (excluding diaryl/α,β-unsaturated/α-hetero) is 1. The van der Waals surface area contributed by atoms with Crippen molar-refractivity contribution < 1.29 is 14.7 Å². The maximum atomic E-state index is 12.3. The van der Waals surface area contributed by atoms with Gasteiger partial charge in [0.1, 0.15) is 6.61 Å². The zero-order valence-electron chi connectivity index (χ0n) is 15.0. The van der Waals surface area contributed by atoms with Gasteiger partial charge in [0.2, 0.25) is 0 Å². The summed E-state index contributed by atoms with van der Waals surface area (Å²) in [4.78, 5) is 24.1. The molecule has 0 bridgehead atoms. The zero-order chi connectivity index (χ0) is 17.1. The van der Waals surface area contributed by atoms with Crippen molar-refractivity contribution in [1.29, 1.82) is 0 Å². The first-order valence-electron chi connectivity index (χ1n) is 9.83. The summed E-state index contributed by atoms with van der Waals surface area (Å²) >= 11 is 0. The lowest BCUT2D eigenvalue weighted by atomic mass is 9.49. The minimum atomic E-state index is -0.297. The van der Waals surface area contributed by atoms with Crippen LogP contribution in [0.1, 0.15) is 58.8 Å². The summed E-state index contributed by atoms with van der Waals surface area (Å²) < 4.78 is 0. The third kappa shape index (κ3) is 2.27. The van der Waals surface area contributed by atoms with Crippen LogP contribution in [0.2, 0.25) is 0 Å². The molecule has 0 saturated heterocycles. The molecule has 0 amide bonds. The number of aliphatic hydroxyl groups is 1. The van der Waals surface area contributed by atoms with Gasteiger partial charge in [0.15, 0.2) is 11.6 Å². The first-order valence-corrected chi connectivity index (χ1v) is 9.83. The molecule has 3 nitrogen and oxygen atoms in total. The molecule has 0 radical (unpaired) electrons. The molecule has 0 aromatic carbocycles. The fourth-order valence-corrected chi connectivity index (χ4v) is 7.14. The van der Waals surface area contributed by atoms with Crippen LogP contribution in [0, 0.1) is 40.9 Å². The van der Waals surface area contributed by atoms with Crippen LogP contribution >= 0.6 is 0 Å². The van der Waals surface area contributed by atoms with Gasteiger partial charge in [-0.3, -0.25) is 9.59 Å². The van der Waals surface area contributed by atoms with Gasteiger partial charge in [0.05, 0.1) is 0 Å². The van der Waals surface area contributed by atoms with Crippen LogP contribution in [-0.2, 0) is 9.59 Å². The van der Waals surface area contributed by atoms with E-state index >= 15 is 0 Å². The summed E-state index contributed by atoms with van der Waals surface area (Å²) in [7, 11) is 0. The molecule has 0 unspecified atom stereocenters. The van der Waals surface area contributed by atoms with Gasteiger partial charge in [-0.1, -0.05) is 19.4 Å². The second-order valence-corrected chi connectivity index (χ2v) is 9.13. The molecule has 1 N–H and O–H groups in total. The van der Waals surface area contributed by atoms with Crippen molar-refractivity contribution in [2.75, 3.05) is 6.61 Å². The van der Waals surface area contributed by atoms with E-state index in [1.807, 2.05) is 6.08 Å². The van der Waals surface area contributed by atoms with Crippen LogP contribution in [0.5, 0.6) is 0 Å². The van der Waals surface area contributed by atoms with E-state index in [2.05, 4.69) is 13.8 Å². The first-order chi connectivity index (χ1) is 11.5. The monoisotopic (exact) mass is 330 g/mol. The van der Waals surface area contributed by atoms with Crippen molar-refractivity contribution in [3.05, 3.63) is 11.6 Å². The molecular formula is C21H30O3. The Bertz CT molecular complexity index is 592. The summed E-state index contributed by atoms with van der Waals surface area (Å²) in [5, 5.41) is 9.36. The Balaban J connectivity index is 1.63. The van der Waals surface area contributed by atoms with Gasteiger partial charge >= 0.3 is 0 Å². The van der Waals surface area contributed by atoms with E-state index in [1.54, 1.807) is 0 Å². The molecule has 0 spiro atoms. The number of fused-ring (bicyclic) bond motifs is 5. The molecule has 7 atom stereocenters. The van der Waals surface area contributed by atoms with Crippen LogP contribution in [0.3, 0.4) is 0 Å². The Kier molecular flexibility index (Phi) is 3.98. The van der Waals surface area contributed by atoms with Crippen molar-refractivity contribution in [3.63, 3.8) is 0 Å². The largest absolute Gasteiger partial charge is 0.389 e. The number of hydrogen-bond acceptors (Lipinski definition) is 3. The maximum absolute atomic E-state index is 12.3. The Morgan fingerprint density at radius 2 is 2.04 bits per heavy atom. The smallest absolute Gasteiger partial charge is 0.161 e. The number of aliphatic hydroxyl groups excluding tert-OH is 1. The van der Waals surface area contributed by atoms with Crippen molar-refractivity contribution in [3.8, 4) is 0 Å². The summed E-state index contributed by atoms with van der Waals surface area (Å²) in [5.41, 5.74) is 1.52. The van der Waals surface area contributed by atoms with E-state index in [1.165, 1.54) is 18.4 Å². The van der Waals surface area contributed by atoms with Crippen LogP contribution in [0.15, 0.2) is 11.6 Å². The van der Waals surface area contributed by atoms with Crippen molar-refractivity contribution in [1.82, 2.24) is 0 Å². The number of carbonyl (C=O) groups is 2. The highest BCUT2D eigenvalue weighted by molar-refractivity contribution is 5.91. The van der Waals surface area contributed by atoms with Crippen molar-refractivity contribution in [2.24, 2.45) is 40.9 Å². The number of hydrogen-bond donors (Lipinski definition) is 1. The predicted molar refractivity (Wildman–Crippen MR) is 92.2 cm³/mol. The van der Waals surface area contributed by atoms with Crippen molar-refractivity contribution >= 4 is 11.6 Å². The molecular weight excluding hydrogens is 300 g/mol. The van der Waals surface area contributed by atoms with E-state index < -0.39 is 0 Å². The third-order valence-corrected chi connectivity index (χ3v) is 8.21. The van der Waals surface area contributed by atoms with Crippen molar-refractivity contribution in [2.45, 2.75) is 58.8 Å². The van der Waals surface area contributed by atoms with Gasteiger partial charge in [0, 0.05) is 12.3 Å². The zero-order valence-corrected chi connectivity index (χ0v) is 15.0. The minimum Gasteiger partial charge on any atom is -0.389 e. The summed E-state index contributed by atoms with van der Waals surface area (Å²) in [5.74, 6) is 3.59. The van der Waals surface area contributed by atoms with E-state index in [0.29, 0.717) is 35.4 Å². The highest BCUT2D eigenvalue weighted by atomic mass is 16.3. The first kappa shape index (κ1) is 16.5. The molecule has 4 aliphatic carbocycles. The van der Waals surface area contributed by atoms with Crippen LogP contribution in [0.25, 0.3) is 0 Å². The van der Waals surface area contributed by atoms with Gasteiger partial charge < -0.3 is 5.11 Å². The van der Waals surface area contributed by atoms with Crippen LogP contribution in [-0.4, -0.2) is 23.3 Å². The van der Waals surface area contributed by atoms with Crippen LogP contribution < -0.4 is 0 Å². The van der Waals surface area contributed by atoms with Gasteiger partial charge in [0.25, 0.3) is 0 Å². The Labute approximate surface area is 144 Å². The normalized spacial score (nSPS) is 47.5. The third-order valence-electron chi connectivity index (χ3n) is 8.21. The van der Waals surface area contributed by atoms with Gasteiger partial charge in [-0.2, -0.15) is 0 Å². The lowest BCUT2D eigenvalue weighted by molar-refractivity contribution is -0.132. The molecule has 0 aromatic rings. The van der Waals surface area contributed by atoms with E-state index in [-0.39, 0.29) is 23.7 Å². The summed E-state index contributed by atoms with van der Waals surface area (Å²) in [6.07, 6.45) is 9.32. The second-order valence-electron chi connectivity index (χ2n) is 9.13. The molecule has 3 saturated carbocycles. The molecule has 4 rings (SSSR count). The number of ketones is 2. The SMILES string of the molecule is C[C@H]1C[C@@H]2[C@H](CC[C@]3(C)[C@@H](C(=O)CO)CC[C@@H]23)[C@H]2CCC(=O)C=C12. The molecule has 3 fully saturated rings. The average molecular weight is 330 g/mol. The Hall–Kier alpha value is -0.960. The van der Waals surface area contributed by atoms with Gasteiger partial charge in [-0.15, -0.1) is 0 Å². The Morgan fingerprint density at radius 1 is 1.25 bits per heavy atom. The predicted octanol–water partition coefficient (Wildman–Crippen LogP) is 3.55. The Morgan fingerprint density at radius 3 is 2.79 bits per heavy atom. The molecule has 0 aliphatic heterocycles. The summed E-state index contributed by atoms with van der Waals surface area (Å²) in [6.45, 7) is 4.32. The van der Waals surface area contributed by atoms with Gasteiger partial charge in [-0.05, 0) is 79.6 Å². The highest BCUT2D eigenvalue weighted by Gasteiger charge is 2.58. The molecule has 0 heterocycles. The lowest BCUT2D eigenvalue weighted by Crippen LogP contribution is -2.49. The fraction of sp³-hybridized carbons (Fsp3) is 0.810. The quantitative estimate of drug-likeness (QED) is 0.842. The topological polar surface area (TPSA) is 54.4 Å². The molecule has 3 heteroatoms. The van der Waals surface area contributed by atoms with E-state index in [4.69, 9.17) is 0 Å².